The van der Waals surface area contributed by atoms with E-state index in [4.69, 9.17) is 0 Å². The van der Waals surface area contributed by atoms with E-state index in [1.807, 2.05) is 19.9 Å². The SMILES string of the molecule is Cc1nc(Nc2ccc(F)c(F)c2)nc(N2CCc3cc(F)ccc3C2C)c1C.Cl. The van der Waals surface area contributed by atoms with E-state index < -0.39 is 11.6 Å². The molecule has 0 fully saturated rings. The lowest BCUT2D eigenvalue weighted by molar-refractivity contribution is 0.509. The lowest BCUT2D eigenvalue weighted by Gasteiger charge is -2.37. The maximum Gasteiger partial charge on any atom is 0.229 e. The molecular weight excluding hydrogens is 413 g/mol. The lowest BCUT2D eigenvalue weighted by Crippen LogP contribution is -2.35. The van der Waals surface area contributed by atoms with E-state index in [0.717, 1.165) is 40.3 Å². The molecule has 158 valence electrons. The van der Waals surface area contributed by atoms with Gasteiger partial charge in [-0.2, -0.15) is 4.98 Å². The average Bonchev–Trinajstić information content (AvgIpc) is 2.68. The van der Waals surface area contributed by atoms with E-state index in [9.17, 15) is 13.2 Å². The summed E-state index contributed by atoms with van der Waals surface area (Å²) in [4.78, 5) is 11.3. The molecule has 4 rings (SSSR count). The monoisotopic (exact) mass is 434 g/mol. The number of halogens is 4. The van der Waals surface area contributed by atoms with Gasteiger partial charge in [0.05, 0.1) is 6.04 Å². The summed E-state index contributed by atoms with van der Waals surface area (Å²) in [5.74, 6) is -0.991. The zero-order valence-corrected chi connectivity index (χ0v) is 17.7. The summed E-state index contributed by atoms with van der Waals surface area (Å²) < 4.78 is 40.3. The second-order valence-electron chi connectivity index (χ2n) is 7.30. The Morgan fingerprint density at radius 3 is 2.50 bits per heavy atom. The zero-order chi connectivity index (χ0) is 20.7. The van der Waals surface area contributed by atoms with Gasteiger partial charge in [-0.25, -0.2) is 18.2 Å². The normalized spacial score (nSPS) is 15.4. The van der Waals surface area contributed by atoms with Crippen LogP contribution in [0.3, 0.4) is 0 Å². The van der Waals surface area contributed by atoms with Crippen molar-refractivity contribution in [3.63, 3.8) is 0 Å². The fourth-order valence-electron chi connectivity index (χ4n) is 3.74. The van der Waals surface area contributed by atoms with Gasteiger partial charge in [0.25, 0.3) is 0 Å². The fraction of sp³-hybridized carbons (Fsp3) is 0.273. The molecule has 1 aromatic heterocycles. The molecule has 4 nitrogen and oxygen atoms in total. The van der Waals surface area contributed by atoms with Gasteiger partial charge >= 0.3 is 0 Å². The fourth-order valence-corrected chi connectivity index (χ4v) is 3.74. The molecule has 0 aliphatic carbocycles. The van der Waals surface area contributed by atoms with Gasteiger partial charge in [-0.3, -0.25) is 0 Å². The summed E-state index contributed by atoms with van der Waals surface area (Å²) in [6, 6.07) is 8.48. The van der Waals surface area contributed by atoms with Gasteiger partial charge < -0.3 is 10.2 Å². The third kappa shape index (κ3) is 4.07. The average molecular weight is 435 g/mol. The minimum atomic E-state index is -0.937. The van der Waals surface area contributed by atoms with Gasteiger partial charge in [-0.05, 0) is 62.6 Å². The third-order valence-electron chi connectivity index (χ3n) is 5.46. The molecule has 2 heterocycles. The molecule has 1 N–H and O–H groups in total. The minimum Gasteiger partial charge on any atom is -0.349 e. The molecule has 0 spiro atoms. The second-order valence-corrected chi connectivity index (χ2v) is 7.30. The molecule has 1 aliphatic heterocycles. The number of fused-ring (bicyclic) bond motifs is 1. The summed E-state index contributed by atoms with van der Waals surface area (Å²) in [7, 11) is 0. The van der Waals surface area contributed by atoms with E-state index in [1.165, 1.54) is 12.1 Å². The number of aryl methyl sites for hydroxylation is 1. The molecule has 1 atom stereocenters. The zero-order valence-electron chi connectivity index (χ0n) is 16.8. The van der Waals surface area contributed by atoms with E-state index in [1.54, 1.807) is 6.07 Å². The van der Waals surface area contributed by atoms with Crippen LogP contribution in [0, 0.1) is 31.3 Å². The predicted octanol–water partition coefficient (Wildman–Crippen LogP) is 5.80. The second kappa shape index (κ2) is 8.52. The Kier molecular flexibility index (Phi) is 6.22. The van der Waals surface area contributed by atoms with Crippen molar-refractivity contribution in [3.05, 3.63) is 76.2 Å². The van der Waals surface area contributed by atoms with Crippen LogP contribution in [0.5, 0.6) is 0 Å². The molecular formula is C22H22ClF3N4. The summed E-state index contributed by atoms with van der Waals surface area (Å²) in [5, 5.41) is 2.96. The Bertz CT molecular complexity index is 1090. The number of aromatic nitrogens is 2. The molecule has 0 saturated heterocycles. The highest BCUT2D eigenvalue weighted by Gasteiger charge is 2.27. The highest BCUT2D eigenvalue weighted by atomic mass is 35.5. The van der Waals surface area contributed by atoms with Crippen LogP contribution in [-0.4, -0.2) is 16.5 Å². The lowest BCUT2D eigenvalue weighted by atomic mass is 9.93. The maximum absolute atomic E-state index is 13.6. The van der Waals surface area contributed by atoms with Crippen molar-refractivity contribution in [1.82, 2.24) is 9.97 Å². The van der Waals surface area contributed by atoms with E-state index >= 15 is 0 Å². The van der Waals surface area contributed by atoms with Crippen molar-refractivity contribution in [2.75, 3.05) is 16.8 Å². The Balaban J connectivity index is 0.00000256. The van der Waals surface area contributed by atoms with Crippen LogP contribution in [0.1, 0.15) is 35.3 Å². The largest absolute Gasteiger partial charge is 0.349 e. The summed E-state index contributed by atoms with van der Waals surface area (Å²) in [6.45, 7) is 6.60. The van der Waals surface area contributed by atoms with Gasteiger partial charge in [0.2, 0.25) is 5.95 Å². The maximum atomic E-state index is 13.6. The van der Waals surface area contributed by atoms with Crippen molar-refractivity contribution >= 4 is 29.9 Å². The number of anilines is 3. The molecule has 8 heteroatoms. The first-order valence-electron chi connectivity index (χ1n) is 9.46. The predicted molar refractivity (Wildman–Crippen MR) is 114 cm³/mol. The highest BCUT2D eigenvalue weighted by molar-refractivity contribution is 5.85. The van der Waals surface area contributed by atoms with E-state index in [0.29, 0.717) is 24.6 Å². The van der Waals surface area contributed by atoms with Gasteiger partial charge in [0.15, 0.2) is 11.6 Å². The highest BCUT2D eigenvalue weighted by Crippen LogP contribution is 2.35. The molecule has 0 amide bonds. The Hall–Kier alpha value is -2.80. The minimum absolute atomic E-state index is 0. The number of rotatable bonds is 3. The van der Waals surface area contributed by atoms with Crippen LogP contribution in [0.25, 0.3) is 0 Å². The van der Waals surface area contributed by atoms with Crippen LogP contribution in [0.2, 0.25) is 0 Å². The van der Waals surface area contributed by atoms with Crippen LogP contribution >= 0.6 is 12.4 Å². The molecule has 0 radical (unpaired) electrons. The van der Waals surface area contributed by atoms with Crippen molar-refractivity contribution in [2.45, 2.75) is 33.2 Å². The molecule has 1 aliphatic rings. The Morgan fingerprint density at radius 2 is 1.77 bits per heavy atom. The quantitative estimate of drug-likeness (QED) is 0.565. The number of hydrogen-bond donors (Lipinski definition) is 1. The van der Waals surface area contributed by atoms with Crippen LogP contribution in [-0.2, 0) is 6.42 Å². The Labute approximate surface area is 179 Å². The first kappa shape index (κ1) is 21.9. The first-order chi connectivity index (χ1) is 13.8. The van der Waals surface area contributed by atoms with E-state index in [2.05, 4.69) is 27.1 Å². The van der Waals surface area contributed by atoms with Gasteiger partial charge in [-0.1, -0.05) is 6.07 Å². The topological polar surface area (TPSA) is 41.1 Å². The molecule has 2 aromatic carbocycles. The first-order valence-corrected chi connectivity index (χ1v) is 9.46. The number of nitrogens with zero attached hydrogens (tertiary/aromatic N) is 3. The molecule has 30 heavy (non-hydrogen) atoms. The smallest absolute Gasteiger partial charge is 0.229 e. The third-order valence-corrected chi connectivity index (χ3v) is 5.46. The summed E-state index contributed by atoms with van der Waals surface area (Å²) >= 11 is 0. The Morgan fingerprint density at radius 1 is 1.00 bits per heavy atom. The number of benzene rings is 2. The standard InChI is InChI=1S/C22H21F3N4.ClH/c1-12-13(2)26-22(27-17-5-7-19(24)20(25)11-17)28-21(12)29-9-8-15-10-16(23)4-6-18(15)14(29)3;/h4-7,10-11,14H,8-9H2,1-3H3,(H,26,27,28);1H. The summed E-state index contributed by atoms with van der Waals surface area (Å²) in [5.41, 5.74) is 4.18. The van der Waals surface area contributed by atoms with Crippen molar-refractivity contribution in [2.24, 2.45) is 0 Å². The van der Waals surface area contributed by atoms with Crippen molar-refractivity contribution in [1.29, 1.82) is 0 Å². The van der Waals surface area contributed by atoms with Gasteiger partial charge in [-0.15, -0.1) is 12.4 Å². The van der Waals surface area contributed by atoms with Crippen molar-refractivity contribution in [3.8, 4) is 0 Å². The van der Waals surface area contributed by atoms with Crippen LogP contribution in [0.15, 0.2) is 36.4 Å². The molecule has 0 bridgehead atoms. The number of nitrogens with one attached hydrogen (secondary N) is 1. The molecule has 3 aromatic rings. The van der Waals surface area contributed by atoms with Crippen molar-refractivity contribution < 1.29 is 13.2 Å². The van der Waals surface area contributed by atoms with Gasteiger partial charge in [0.1, 0.15) is 11.6 Å². The molecule has 1 unspecified atom stereocenters. The van der Waals surface area contributed by atoms with E-state index in [-0.39, 0.29) is 24.3 Å². The van der Waals surface area contributed by atoms with Gasteiger partial charge in [0, 0.05) is 29.6 Å². The van der Waals surface area contributed by atoms with Crippen LogP contribution in [0.4, 0.5) is 30.6 Å². The molecule has 0 saturated carbocycles. The number of hydrogen-bond acceptors (Lipinski definition) is 4. The summed E-state index contributed by atoms with van der Waals surface area (Å²) in [6.07, 6.45) is 0.714. The van der Waals surface area contributed by atoms with Crippen LogP contribution < -0.4 is 10.2 Å².